The smallest absolute Gasteiger partial charge is 0.320 e. The maximum atomic E-state index is 10.7. The molecule has 1 rings (SSSR count). The quantitative estimate of drug-likeness (QED) is 0.484. The molecule has 1 aliphatic rings. The van der Waals surface area contributed by atoms with Crippen molar-refractivity contribution < 1.29 is 9.90 Å². The van der Waals surface area contributed by atoms with Crippen molar-refractivity contribution in [1.29, 1.82) is 0 Å². The van der Waals surface area contributed by atoms with E-state index in [0.29, 0.717) is 19.0 Å². The largest absolute Gasteiger partial charge is 0.480 e. The topological polar surface area (TPSA) is 75.3 Å². The number of carboxylic acids is 1. The summed E-state index contributed by atoms with van der Waals surface area (Å²) in [4.78, 5) is 10.7. The first-order valence-electron chi connectivity index (χ1n) is 4.42. The number of carboxylic acid groups (broad SMARTS) is 1. The Labute approximate surface area is 72.1 Å². The normalized spacial score (nSPS) is 19.1. The van der Waals surface area contributed by atoms with Crippen molar-refractivity contribution in [1.82, 2.24) is 5.32 Å². The monoisotopic (exact) mass is 172 g/mol. The zero-order valence-corrected chi connectivity index (χ0v) is 7.12. The second kappa shape index (κ2) is 4.42. The van der Waals surface area contributed by atoms with E-state index in [0.717, 1.165) is 19.3 Å². The Morgan fingerprint density at radius 2 is 2.33 bits per heavy atom. The van der Waals surface area contributed by atoms with Crippen LogP contribution in [0.2, 0.25) is 0 Å². The fraction of sp³-hybridized carbons (Fsp3) is 0.875. The zero-order valence-electron chi connectivity index (χ0n) is 7.12. The molecule has 0 aromatic rings. The summed E-state index contributed by atoms with van der Waals surface area (Å²) in [6.07, 6.45) is 2.94. The van der Waals surface area contributed by atoms with Crippen molar-refractivity contribution in [2.45, 2.75) is 25.3 Å². The van der Waals surface area contributed by atoms with Gasteiger partial charge in [-0.15, -0.1) is 0 Å². The first-order chi connectivity index (χ1) is 5.75. The molecule has 0 aromatic heterocycles. The molecule has 4 nitrogen and oxygen atoms in total. The van der Waals surface area contributed by atoms with Crippen LogP contribution in [0.15, 0.2) is 0 Å². The van der Waals surface area contributed by atoms with Crippen molar-refractivity contribution in [3.63, 3.8) is 0 Å². The molecule has 1 saturated carbocycles. The van der Waals surface area contributed by atoms with Gasteiger partial charge in [-0.3, -0.25) is 4.79 Å². The number of nitrogens with one attached hydrogen (secondary N) is 1. The van der Waals surface area contributed by atoms with Gasteiger partial charge in [-0.2, -0.15) is 0 Å². The van der Waals surface area contributed by atoms with Crippen molar-refractivity contribution in [3.8, 4) is 0 Å². The number of aliphatic carboxylic acids is 1. The number of nitrogens with two attached hydrogens (primary N) is 1. The fourth-order valence-corrected chi connectivity index (χ4v) is 1.24. The van der Waals surface area contributed by atoms with E-state index in [1.54, 1.807) is 0 Å². The average Bonchev–Trinajstić information content (AvgIpc) is 2.80. The highest BCUT2D eigenvalue weighted by Crippen LogP contribution is 2.32. The van der Waals surface area contributed by atoms with Crippen LogP contribution in [0.1, 0.15) is 19.3 Å². The van der Waals surface area contributed by atoms with E-state index >= 15 is 0 Å². The summed E-state index contributed by atoms with van der Waals surface area (Å²) in [7, 11) is 0. The Morgan fingerprint density at radius 3 is 2.75 bits per heavy atom. The molecule has 1 aliphatic carbocycles. The molecule has 12 heavy (non-hydrogen) atoms. The summed E-state index contributed by atoms with van der Waals surface area (Å²) >= 11 is 0. The summed E-state index contributed by atoms with van der Waals surface area (Å²) in [5.41, 5.74) is 5.30. The lowest BCUT2D eigenvalue weighted by Crippen LogP contribution is -2.39. The van der Waals surface area contributed by atoms with Gasteiger partial charge in [0.05, 0.1) is 0 Å². The van der Waals surface area contributed by atoms with Crippen molar-refractivity contribution in [2.75, 3.05) is 13.1 Å². The molecule has 1 fully saturated rings. The van der Waals surface area contributed by atoms with E-state index < -0.39 is 5.97 Å². The van der Waals surface area contributed by atoms with Gasteiger partial charge in [0.2, 0.25) is 0 Å². The van der Waals surface area contributed by atoms with Gasteiger partial charge in [-0.1, -0.05) is 0 Å². The van der Waals surface area contributed by atoms with Gasteiger partial charge in [0.25, 0.3) is 0 Å². The van der Waals surface area contributed by atoms with Crippen LogP contribution in [0.25, 0.3) is 0 Å². The Bertz CT molecular complexity index is 157. The maximum absolute atomic E-state index is 10.7. The molecule has 0 aromatic carbocycles. The molecular weight excluding hydrogens is 156 g/mol. The average molecular weight is 172 g/mol. The van der Waals surface area contributed by atoms with Crippen molar-refractivity contribution in [3.05, 3.63) is 0 Å². The second-order valence-electron chi connectivity index (χ2n) is 3.25. The highest BCUT2D eigenvalue weighted by molar-refractivity contribution is 5.74. The number of hydrogen-bond donors (Lipinski definition) is 3. The van der Waals surface area contributed by atoms with E-state index in [1.807, 2.05) is 0 Å². The number of carbonyl (C=O) groups is 1. The Morgan fingerprint density at radius 1 is 1.67 bits per heavy atom. The standard InChI is InChI=1S/C8H16N2O2/c9-4-1-5-10-7(8(11)12)6-2-3-6/h6-7,10H,1-5,9H2,(H,11,12). The lowest BCUT2D eigenvalue weighted by Gasteiger charge is -2.12. The molecule has 70 valence electrons. The van der Waals surface area contributed by atoms with Gasteiger partial charge in [-0.25, -0.2) is 0 Å². The van der Waals surface area contributed by atoms with Gasteiger partial charge in [0.15, 0.2) is 0 Å². The van der Waals surface area contributed by atoms with Gasteiger partial charge < -0.3 is 16.2 Å². The molecule has 0 spiro atoms. The van der Waals surface area contributed by atoms with Crippen LogP contribution < -0.4 is 11.1 Å². The summed E-state index contributed by atoms with van der Waals surface area (Å²) < 4.78 is 0. The predicted octanol–water partition coefficient (Wildman–Crippen LogP) is -0.212. The molecule has 0 heterocycles. The molecule has 1 unspecified atom stereocenters. The van der Waals surface area contributed by atoms with E-state index in [4.69, 9.17) is 10.8 Å². The summed E-state index contributed by atoms with van der Waals surface area (Å²) in [5, 5.41) is 11.8. The third-order valence-electron chi connectivity index (χ3n) is 2.10. The van der Waals surface area contributed by atoms with Crippen LogP contribution in [0, 0.1) is 5.92 Å². The maximum Gasteiger partial charge on any atom is 0.320 e. The lowest BCUT2D eigenvalue weighted by molar-refractivity contribution is -0.140. The molecule has 0 saturated heterocycles. The molecule has 0 aliphatic heterocycles. The van der Waals surface area contributed by atoms with Crippen LogP contribution >= 0.6 is 0 Å². The Balaban J connectivity index is 2.19. The minimum absolute atomic E-state index is 0.337. The minimum Gasteiger partial charge on any atom is -0.480 e. The zero-order chi connectivity index (χ0) is 8.97. The molecule has 4 heteroatoms. The van der Waals surface area contributed by atoms with Gasteiger partial charge in [0, 0.05) is 0 Å². The SMILES string of the molecule is NCCCNC(C(=O)O)C1CC1. The predicted molar refractivity (Wildman–Crippen MR) is 45.8 cm³/mol. The molecule has 0 radical (unpaired) electrons. The van der Waals surface area contributed by atoms with Crippen LogP contribution in [-0.2, 0) is 4.79 Å². The van der Waals surface area contributed by atoms with Gasteiger partial charge >= 0.3 is 5.97 Å². The highest BCUT2D eigenvalue weighted by atomic mass is 16.4. The molecule has 4 N–H and O–H groups in total. The molecule has 0 amide bonds. The second-order valence-corrected chi connectivity index (χ2v) is 3.25. The van der Waals surface area contributed by atoms with Crippen LogP contribution in [-0.4, -0.2) is 30.2 Å². The molecular formula is C8H16N2O2. The van der Waals surface area contributed by atoms with Gasteiger partial charge in [0.1, 0.15) is 6.04 Å². The van der Waals surface area contributed by atoms with E-state index in [-0.39, 0.29) is 6.04 Å². The first-order valence-corrected chi connectivity index (χ1v) is 4.42. The van der Waals surface area contributed by atoms with E-state index in [9.17, 15) is 4.79 Å². The van der Waals surface area contributed by atoms with Crippen LogP contribution in [0.4, 0.5) is 0 Å². The third kappa shape index (κ3) is 2.79. The summed E-state index contributed by atoms with van der Waals surface area (Å²) in [6.45, 7) is 1.33. The Hall–Kier alpha value is -0.610. The fourth-order valence-electron chi connectivity index (χ4n) is 1.24. The van der Waals surface area contributed by atoms with E-state index in [2.05, 4.69) is 5.32 Å². The van der Waals surface area contributed by atoms with Crippen LogP contribution in [0.3, 0.4) is 0 Å². The van der Waals surface area contributed by atoms with Crippen LogP contribution in [0.5, 0.6) is 0 Å². The Kier molecular flexibility index (Phi) is 3.49. The van der Waals surface area contributed by atoms with E-state index in [1.165, 1.54) is 0 Å². The van der Waals surface area contributed by atoms with Crippen molar-refractivity contribution in [2.24, 2.45) is 11.7 Å². The number of rotatable bonds is 6. The first kappa shape index (κ1) is 9.48. The molecule has 1 atom stereocenters. The van der Waals surface area contributed by atoms with Gasteiger partial charge in [-0.05, 0) is 38.3 Å². The highest BCUT2D eigenvalue weighted by Gasteiger charge is 2.35. The molecule has 0 bridgehead atoms. The minimum atomic E-state index is -0.727. The van der Waals surface area contributed by atoms with Crippen molar-refractivity contribution >= 4 is 5.97 Å². The lowest BCUT2D eigenvalue weighted by atomic mass is 10.2. The summed E-state index contributed by atoms with van der Waals surface area (Å²) in [6, 6.07) is -0.337. The summed E-state index contributed by atoms with van der Waals surface area (Å²) in [5.74, 6) is -0.366. The number of hydrogen-bond acceptors (Lipinski definition) is 3. The third-order valence-corrected chi connectivity index (χ3v) is 2.10.